The summed E-state index contributed by atoms with van der Waals surface area (Å²) < 4.78 is 4.83. The summed E-state index contributed by atoms with van der Waals surface area (Å²) in [6, 6.07) is 3.19. The Morgan fingerprint density at radius 2 is 2.47 bits per heavy atom. The molecule has 0 spiro atoms. The summed E-state index contributed by atoms with van der Waals surface area (Å²) >= 11 is 0. The average Bonchev–Trinajstić information content (AvgIpc) is 2.36. The molecule has 1 rings (SSSR count). The minimum absolute atomic E-state index is 0.328. The minimum Gasteiger partial charge on any atom is -0.462 e. The highest BCUT2D eigenvalue weighted by Gasteiger charge is 2.07. The van der Waals surface area contributed by atoms with Crippen molar-refractivity contribution in [2.45, 2.75) is 6.92 Å². The number of pyridine rings is 1. The Kier molecular flexibility index (Phi) is 4.73. The number of terminal acetylenes is 1. The van der Waals surface area contributed by atoms with Crippen LogP contribution in [0, 0.1) is 12.3 Å². The van der Waals surface area contributed by atoms with Gasteiger partial charge in [0.15, 0.2) is 0 Å². The van der Waals surface area contributed by atoms with Crippen molar-refractivity contribution in [3.63, 3.8) is 0 Å². The zero-order chi connectivity index (χ0) is 12.7. The summed E-state index contributed by atoms with van der Waals surface area (Å²) in [7, 11) is 0. The molecule has 0 aliphatic rings. The van der Waals surface area contributed by atoms with Gasteiger partial charge in [0, 0.05) is 18.5 Å². The molecule has 0 saturated carbocycles. The van der Waals surface area contributed by atoms with Crippen LogP contribution in [0.3, 0.4) is 0 Å². The molecule has 1 aromatic heterocycles. The first-order chi connectivity index (χ1) is 8.19. The molecule has 5 heteroatoms. The number of hydrazine groups is 1. The second-order valence-electron chi connectivity index (χ2n) is 3.02. The number of esters is 1. The smallest absolute Gasteiger partial charge is 0.339 e. The van der Waals surface area contributed by atoms with Crippen molar-refractivity contribution in [2.75, 3.05) is 11.6 Å². The number of ether oxygens (including phenoxy) is 1. The molecule has 17 heavy (non-hydrogen) atoms. The third kappa shape index (κ3) is 3.63. The summed E-state index contributed by atoms with van der Waals surface area (Å²) in [4.78, 5) is 15.4. The van der Waals surface area contributed by atoms with Crippen molar-refractivity contribution in [1.82, 2.24) is 4.98 Å². The number of hydrogen-bond acceptors (Lipinski definition) is 5. The maximum Gasteiger partial charge on any atom is 0.339 e. The Bertz CT molecular complexity index is 446. The first-order valence-corrected chi connectivity index (χ1v) is 4.99. The summed E-state index contributed by atoms with van der Waals surface area (Å²) in [6.45, 7) is 2.07. The largest absolute Gasteiger partial charge is 0.462 e. The molecule has 5 nitrogen and oxygen atoms in total. The highest BCUT2D eigenvalue weighted by Crippen LogP contribution is 2.09. The van der Waals surface area contributed by atoms with Crippen LogP contribution in [0.5, 0.6) is 0 Å². The van der Waals surface area contributed by atoms with E-state index in [0.29, 0.717) is 18.0 Å². The van der Waals surface area contributed by atoms with Gasteiger partial charge in [-0.2, -0.15) is 0 Å². The van der Waals surface area contributed by atoms with Gasteiger partial charge in [0.2, 0.25) is 0 Å². The molecule has 0 aliphatic heterocycles. The van der Waals surface area contributed by atoms with Gasteiger partial charge in [-0.25, -0.2) is 15.6 Å². The summed E-state index contributed by atoms with van der Waals surface area (Å²) in [6.07, 6.45) is 9.39. The third-order valence-corrected chi connectivity index (χ3v) is 1.85. The molecule has 0 atom stereocenters. The second kappa shape index (κ2) is 6.30. The number of carbonyl (C=O) groups is 1. The molecule has 1 heterocycles. The van der Waals surface area contributed by atoms with E-state index in [-0.39, 0.29) is 0 Å². The fraction of sp³-hybridized carbons (Fsp3) is 0.167. The molecule has 0 saturated heterocycles. The maximum atomic E-state index is 11.4. The lowest BCUT2D eigenvalue weighted by molar-refractivity contribution is 0.0526. The van der Waals surface area contributed by atoms with Crippen LogP contribution in [0.4, 0.5) is 5.82 Å². The molecule has 0 aliphatic carbocycles. The van der Waals surface area contributed by atoms with E-state index >= 15 is 0 Å². The molecule has 88 valence electrons. The van der Waals surface area contributed by atoms with Crippen molar-refractivity contribution in [2.24, 2.45) is 5.84 Å². The zero-order valence-corrected chi connectivity index (χ0v) is 9.46. The molecule has 0 unspecified atom stereocenters. The zero-order valence-electron chi connectivity index (χ0n) is 9.46. The lowest BCUT2D eigenvalue weighted by Gasteiger charge is -2.11. The van der Waals surface area contributed by atoms with Crippen LogP contribution in [0.25, 0.3) is 0 Å². The molecule has 0 amide bonds. The minimum atomic E-state index is -0.408. The highest BCUT2D eigenvalue weighted by atomic mass is 16.5. The quantitative estimate of drug-likeness (QED) is 0.363. The van der Waals surface area contributed by atoms with Crippen molar-refractivity contribution < 1.29 is 9.53 Å². The molecule has 0 bridgehead atoms. The number of allylic oxidation sites excluding steroid dienone is 1. The Balaban J connectivity index is 2.78. The number of rotatable bonds is 4. The van der Waals surface area contributed by atoms with Gasteiger partial charge in [-0.15, -0.1) is 6.42 Å². The number of carbonyl (C=O) groups excluding carboxylic acids is 1. The SMILES string of the molecule is C#C/C=C\N(N)c1ccc(C(=O)OCC)cn1. The van der Waals surface area contributed by atoms with Crippen molar-refractivity contribution >= 4 is 11.8 Å². The number of anilines is 1. The topological polar surface area (TPSA) is 68.5 Å². The van der Waals surface area contributed by atoms with E-state index in [1.54, 1.807) is 19.1 Å². The molecular weight excluding hydrogens is 218 g/mol. The predicted octanol–water partition coefficient (Wildman–Crippen LogP) is 1.09. The van der Waals surface area contributed by atoms with E-state index < -0.39 is 5.97 Å². The van der Waals surface area contributed by atoms with Crippen LogP contribution in [-0.2, 0) is 4.74 Å². The maximum absolute atomic E-state index is 11.4. The van der Waals surface area contributed by atoms with Gasteiger partial charge in [0.1, 0.15) is 5.82 Å². The molecule has 0 fully saturated rings. The number of nitrogens with zero attached hydrogens (tertiary/aromatic N) is 2. The van der Waals surface area contributed by atoms with Crippen LogP contribution < -0.4 is 10.9 Å². The Morgan fingerprint density at radius 3 is 3.00 bits per heavy atom. The standard InChI is InChI=1S/C12H13N3O2/c1-3-5-8-15(13)11-7-6-10(9-14-11)12(16)17-4-2/h1,5-9H,4,13H2,2H3/b8-5-. The van der Waals surface area contributed by atoms with E-state index in [1.165, 1.54) is 23.5 Å². The van der Waals surface area contributed by atoms with Crippen molar-refractivity contribution in [3.8, 4) is 12.3 Å². The van der Waals surface area contributed by atoms with Crippen LogP contribution in [-0.4, -0.2) is 17.6 Å². The van der Waals surface area contributed by atoms with E-state index in [2.05, 4.69) is 10.9 Å². The third-order valence-electron chi connectivity index (χ3n) is 1.85. The van der Waals surface area contributed by atoms with Crippen LogP contribution in [0.1, 0.15) is 17.3 Å². The van der Waals surface area contributed by atoms with E-state index in [1.807, 2.05) is 0 Å². The molecular formula is C12H13N3O2. The summed E-state index contributed by atoms with van der Waals surface area (Å²) in [5.74, 6) is 8.02. The van der Waals surface area contributed by atoms with E-state index in [0.717, 1.165) is 0 Å². The van der Waals surface area contributed by atoms with Gasteiger partial charge in [0.05, 0.1) is 12.2 Å². The number of nitrogens with two attached hydrogens (primary N) is 1. The van der Waals surface area contributed by atoms with Gasteiger partial charge in [-0.1, -0.05) is 5.92 Å². The van der Waals surface area contributed by atoms with Crippen LogP contribution in [0.15, 0.2) is 30.6 Å². The first kappa shape index (κ1) is 12.7. The van der Waals surface area contributed by atoms with Gasteiger partial charge < -0.3 is 4.74 Å². The number of aromatic nitrogens is 1. The summed E-state index contributed by atoms with van der Waals surface area (Å²) in [5, 5.41) is 1.26. The molecule has 0 aromatic carbocycles. The normalized spacial score (nSPS) is 9.94. The first-order valence-electron chi connectivity index (χ1n) is 4.99. The van der Waals surface area contributed by atoms with Gasteiger partial charge >= 0.3 is 5.97 Å². The highest BCUT2D eigenvalue weighted by molar-refractivity contribution is 5.89. The predicted molar refractivity (Wildman–Crippen MR) is 64.8 cm³/mol. The van der Waals surface area contributed by atoms with Crippen molar-refractivity contribution in [1.29, 1.82) is 0 Å². The van der Waals surface area contributed by atoms with Crippen LogP contribution >= 0.6 is 0 Å². The van der Waals surface area contributed by atoms with Gasteiger partial charge in [-0.05, 0) is 19.1 Å². The van der Waals surface area contributed by atoms with E-state index in [9.17, 15) is 4.79 Å². The number of hydrogen-bond donors (Lipinski definition) is 1. The molecule has 2 N–H and O–H groups in total. The Morgan fingerprint density at radius 1 is 1.71 bits per heavy atom. The summed E-state index contributed by atoms with van der Waals surface area (Å²) in [5.41, 5.74) is 0.380. The lowest BCUT2D eigenvalue weighted by atomic mass is 10.3. The fourth-order valence-corrected chi connectivity index (χ4v) is 1.07. The van der Waals surface area contributed by atoms with Crippen LogP contribution in [0.2, 0.25) is 0 Å². The fourth-order valence-electron chi connectivity index (χ4n) is 1.07. The Labute approximate surface area is 99.9 Å². The van der Waals surface area contributed by atoms with Gasteiger partial charge in [-0.3, -0.25) is 5.01 Å². The Hall–Kier alpha value is -2.32. The lowest BCUT2D eigenvalue weighted by Crippen LogP contribution is -2.25. The average molecular weight is 231 g/mol. The van der Waals surface area contributed by atoms with E-state index in [4.69, 9.17) is 17.0 Å². The molecule has 1 aromatic rings. The second-order valence-corrected chi connectivity index (χ2v) is 3.02. The van der Waals surface area contributed by atoms with Gasteiger partial charge in [0.25, 0.3) is 0 Å². The molecule has 0 radical (unpaired) electrons. The monoisotopic (exact) mass is 231 g/mol. The van der Waals surface area contributed by atoms with Crippen molar-refractivity contribution in [3.05, 3.63) is 36.2 Å².